The monoisotopic (exact) mass is 456 g/mol. The van der Waals surface area contributed by atoms with E-state index >= 15 is 0 Å². The molecule has 3 nitrogen and oxygen atoms in total. The fraction of sp³-hybridized carbons (Fsp3) is 0.211. The van der Waals surface area contributed by atoms with Gasteiger partial charge in [-0.15, -0.1) is 11.3 Å². The molecule has 0 fully saturated rings. The number of amides is 1. The van der Waals surface area contributed by atoms with Gasteiger partial charge in [0.05, 0.1) is 19.6 Å². The molecular formula is C19H16BrF3N2OS. The third-order valence-corrected chi connectivity index (χ3v) is 5.50. The van der Waals surface area contributed by atoms with Crippen molar-refractivity contribution in [1.29, 1.82) is 0 Å². The zero-order valence-corrected chi connectivity index (χ0v) is 16.8. The molecule has 0 saturated heterocycles. The van der Waals surface area contributed by atoms with Gasteiger partial charge in [0.2, 0.25) is 0 Å². The summed E-state index contributed by atoms with van der Waals surface area (Å²) in [6.07, 6.45) is -4.41. The van der Waals surface area contributed by atoms with Gasteiger partial charge in [-0.3, -0.25) is 4.79 Å². The summed E-state index contributed by atoms with van der Waals surface area (Å²) in [7, 11) is 0. The number of fused-ring (bicyclic) bond motifs is 1. The molecule has 2 heterocycles. The van der Waals surface area contributed by atoms with Gasteiger partial charge in [0.1, 0.15) is 5.69 Å². The maximum Gasteiger partial charge on any atom is 0.416 e. The van der Waals surface area contributed by atoms with Gasteiger partial charge in [0.15, 0.2) is 0 Å². The Morgan fingerprint density at radius 2 is 2.04 bits per heavy atom. The van der Waals surface area contributed by atoms with E-state index in [4.69, 9.17) is 0 Å². The van der Waals surface area contributed by atoms with Crippen LogP contribution in [0.1, 0.15) is 28.5 Å². The third kappa shape index (κ3) is 4.44. The molecule has 0 aliphatic rings. The Kier molecular flexibility index (Phi) is 5.48. The molecule has 0 aliphatic carbocycles. The Morgan fingerprint density at radius 3 is 2.70 bits per heavy atom. The Hall–Kier alpha value is -2.06. The van der Waals surface area contributed by atoms with Crippen molar-refractivity contribution >= 4 is 43.4 Å². The van der Waals surface area contributed by atoms with Gasteiger partial charge in [0, 0.05) is 13.1 Å². The molecule has 8 heteroatoms. The minimum absolute atomic E-state index is 0.0123. The molecule has 0 aliphatic heterocycles. The minimum atomic E-state index is -4.41. The van der Waals surface area contributed by atoms with Crippen LogP contribution in [0.5, 0.6) is 0 Å². The summed E-state index contributed by atoms with van der Waals surface area (Å²) in [6, 6.07) is 8.67. The first-order valence-electron chi connectivity index (χ1n) is 8.02. The predicted molar refractivity (Wildman–Crippen MR) is 105 cm³/mol. The van der Waals surface area contributed by atoms with Crippen molar-refractivity contribution in [2.75, 3.05) is 0 Å². The van der Waals surface area contributed by atoms with E-state index in [9.17, 15) is 18.0 Å². The molecule has 0 spiro atoms. The lowest BCUT2D eigenvalue weighted by atomic mass is 10.1. The Bertz CT molecular complexity index is 1020. The van der Waals surface area contributed by atoms with E-state index in [2.05, 4.69) is 27.8 Å². The lowest BCUT2D eigenvalue weighted by molar-refractivity contribution is -0.137. The first-order valence-corrected chi connectivity index (χ1v) is 9.63. The molecule has 0 atom stereocenters. The molecule has 0 bridgehead atoms. The van der Waals surface area contributed by atoms with E-state index in [-0.39, 0.29) is 12.5 Å². The van der Waals surface area contributed by atoms with Crippen LogP contribution in [0.4, 0.5) is 13.2 Å². The van der Waals surface area contributed by atoms with Crippen LogP contribution in [0, 0.1) is 0 Å². The summed E-state index contributed by atoms with van der Waals surface area (Å²) >= 11 is 4.95. The number of carbonyl (C=O) groups is 1. The van der Waals surface area contributed by atoms with Crippen molar-refractivity contribution in [3.05, 3.63) is 69.2 Å². The molecule has 1 aromatic carbocycles. The number of thiophene rings is 1. The molecule has 1 amide bonds. The van der Waals surface area contributed by atoms with Gasteiger partial charge in [-0.1, -0.05) is 24.3 Å². The van der Waals surface area contributed by atoms with E-state index in [1.165, 1.54) is 17.4 Å². The minimum Gasteiger partial charge on any atom is -0.347 e. The zero-order valence-electron chi connectivity index (χ0n) is 14.4. The van der Waals surface area contributed by atoms with Crippen LogP contribution < -0.4 is 5.32 Å². The van der Waals surface area contributed by atoms with Crippen molar-refractivity contribution in [2.24, 2.45) is 0 Å². The van der Waals surface area contributed by atoms with Gasteiger partial charge < -0.3 is 9.88 Å². The number of aromatic nitrogens is 1. The number of halogens is 4. The number of carbonyl (C=O) groups excluding carboxylic acids is 1. The molecule has 142 valence electrons. The maximum atomic E-state index is 12.8. The normalized spacial score (nSPS) is 11.7. The smallest absolute Gasteiger partial charge is 0.347 e. The summed E-state index contributed by atoms with van der Waals surface area (Å²) in [6.45, 7) is 6.27. The largest absolute Gasteiger partial charge is 0.416 e. The molecule has 3 aromatic rings. The second-order valence-electron chi connectivity index (χ2n) is 6.25. The van der Waals surface area contributed by atoms with E-state index in [1.807, 2.05) is 17.6 Å². The average Bonchev–Trinajstić information content (AvgIpc) is 3.09. The molecule has 27 heavy (non-hydrogen) atoms. The molecule has 2 aromatic heterocycles. The highest BCUT2D eigenvalue weighted by Crippen LogP contribution is 2.33. The van der Waals surface area contributed by atoms with Crippen LogP contribution >= 0.6 is 27.3 Å². The second kappa shape index (κ2) is 7.52. The second-order valence-corrected chi connectivity index (χ2v) is 8.72. The highest BCUT2D eigenvalue weighted by atomic mass is 79.9. The van der Waals surface area contributed by atoms with E-state index in [0.717, 1.165) is 31.7 Å². The molecule has 0 saturated carbocycles. The van der Waals surface area contributed by atoms with Crippen LogP contribution in [0.15, 0.2) is 52.3 Å². The highest BCUT2D eigenvalue weighted by Gasteiger charge is 2.30. The van der Waals surface area contributed by atoms with Crippen LogP contribution in [0.25, 0.3) is 10.2 Å². The van der Waals surface area contributed by atoms with Crippen molar-refractivity contribution in [1.82, 2.24) is 9.88 Å². The maximum absolute atomic E-state index is 12.8. The number of rotatable bonds is 5. The molecule has 3 rings (SSSR count). The van der Waals surface area contributed by atoms with Crippen molar-refractivity contribution in [2.45, 2.75) is 26.2 Å². The van der Waals surface area contributed by atoms with E-state index in [1.54, 1.807) is 12.1 Å². The van der Waals surface area contributed by atoms with Crippen LogP contribution in [-0.4, -0.2) is 10.5 Å². The fourth-order valence-electron chi connectivity index (χ4n) is 2.77. The quantitative estimate of drug-likeness (QED) is 0.470. The standard InChI is InChI=1S/C19H16BrF3N2OS/c1-11(2)10-25-14-8-17(20)27-16(14)7-15(25)18(26)24-9-12-4-3-5-13(6-12)19(21,22)23/h3-8H,1,9-10H2,2H3,(H,24,26). The Balaban J connectivity index is 1.82. The van der Waals surface area contributed by atoms with Gasteiger partial charge in [-0.25, -0.2) is 0 Å². The summed E-state index contributed by atoms with van der Waals surface area (Å²) in [4.78, 5) is 12.7. The van der Waals surface area contributed by atoms with Gasteiger partial charge in [0.25, 0.3) is 5.91 Å². The van der Waals surface area contributed by atoms with E-state index in [0.29, 0.717) is 17.8 Å². The first kappa shape index (κ1) is 19.7. The predicted octanol–water partition coefficient (Wildman–Crippen LogP) is 5.99. The van der Waals surface area contributed by atoms with Crippen molar-refractivity contribution in [3.8, 4) is 0 Å². The summed E-state index contributed by atoms with van der Waals surface area (Å²) < 4.78 is 42.2. The number of hydrogen-bond acceptors (Lipinski definition) is 2. The number of allylic oxidation sites excluding steroid dienone is 1. The SMILES string of the molecule is C=C(C)Cn1c(C(=O)NCc2cccc(C(F)(F)F)c2)cc2sc(Br)cc21. The highest BCUT2D eigenvalue weighted by molar-refractivity contribution is 9.11. The molecular weight excluding hydrogens is 441 g/mol. The van der Waals surface area contributed by atoms with Gasteiger partial charge in [-0.05, 0) is 52.7 Å². The Morgan fingerprint density at radius 1 is 1.30 bits per heavy atom. The molecule has 0 radical (unpaired) electrons. The van der Waals surface area contributed by atoms with Crippen LogP contribution in [0.3, 0.4) is 0 Å². The molecule has 0 unspecified atom stereocenters. The van der Waals surface area contributed by atoms with Crippen molar-refractivity contribution in [3.63, 3.8) is 0 Å². The number of nitrogens with zero attached hydrogens (tertiary/aromatic N) is 1. The topological polar surface area (TPSA) is 34.0 Å². The summed E-state index contributed by atoms with van der Waals surface area (Å²) in [5, 5.41) is 2.71. The van der Waals surface area contributed by atoms with Crippen molar-refractivity contribution < 1.29 is 18.0 Å². The lowest BCUT2D eigenvalue weighted by Crippen LogP contribution is -2.25. The number of benzene rings is 1. The van der Waals surface area contributed by atoms with Gasteiger partial charge >= 0.3 is 6.18 Å². The zero-order chi connectivity index (χ0) is 19.8. The van der Waals surface area contributed by atoms with E-state index < -0.39 is 11.7 Å². The third-order valence-electron chi connectivity index (χ3n) is 3.93. The van der Waals surface area contributed by atoms with Crippen LogP contribution in [-0.2, 0) is 19.3 Å². The first-order chi connectivity index (χ1) is 12.6. The fourth-order valence-corrected chi connectivity index (χ4v) is 4.34. The summed E-state index contributed by atoms with van der Waals surface area (Å²) in [5.41, 5.74) is 1.92. The van der Waals surface area contributed by atoms with Crippen LogP contribution in [0.2, 0.25) is 0 Å². The number of nitrogens with one attached hydrogen (secondary N) is 1. The summed E-state index contributed by atoms with van der Waals surface area (Å²) in [5.74, 6) is -0.340. The Labute approximate surface area is 166 Å². The number of hydrogen-bond donors (Lipinski definition) is 1. The lowest BCUT2D eigenvalue weighted by Gasteiger charge is -2.12. The average molecular weight is 457 g/mol. The number of alkyl halides is 3. The van der Waals surface area contributed by atoms with Gasteiger partial charge in [-0.2, -0.15) is 13.2 Å². The molecule has 1 N–H and O–H groups in total.